The number of rotatable bonds is 1. The van der Waals surface area contributed by atoms with Crippen molar-refractivity contribution < 1.29 is 0 Å². The van der Waals surface area contributed by atoms with E-state index in [1.54, 1.807) is 0 Å². The number of fused-ring (bicyclic) bond motifs is 1. The molecular formula is C16H21N3. The van der Waals surface area contributed by atoms with Crippen LogP contribution in [-0.4, -0.2) is 9.55 Å². The smallest absolute Gasteiger partial charge is 0.131 e. The molecule has 2 aromatic rings. The molecule has 3 rings (SSSR count). The van der Waals surface area contributed by atoms with Gasteiger partial charge in [0.1, 0.15) is 17.3 Å². The van der Waals surface area contributed by atoms with Gasteiger partial charge in [0, 0.05) is 18.0 Å². The second-order valence-corrected chi connectivity index (χ2v) is 5.69. The van der Waals surface area contributed by atoms with Gasteiger partial charge in [0.15, 0.2) is 0 Å². The standard InChI is InChI=1S/C16H21N3/c1-10-7-8-11(2)13(9-10)15-16(17)19-12(3)5-4-6-14(19)18-15/h7-9,12H,4-6,17H2,1-3H3. The molecule has 0 radical (unpaired) electrons. The van der Waals surface area contributed by atoms with Gasteiger partial charge in [-0.05, 0) is 45.2 Å². The fraction of sp³-hybridized carbons (Fsp3) is 0.438. The highest BCUT2D eigenvalue weighted by Crippen LogP contribution is 2.35. The fourth-order valence-electron chi connectivity index (χ4n) is 3.04. The number of nitrogens with two attached hydrogens (primary N) is 1. The number of hydrogen-bond acceptors (Lipinski definition) is 2. The van der Waals surface area contributed by atoms with Crippen LogP contribution in [0.25, 0.3) is 11.3 Å². The molecule has 0 spiro atoms. The van der Waals surface area contributed by atoms with E-state index < -0.39 is 0 Å². The first-order valence-corrected chi connectivity index (χ1v) is 7.02. The Morgan fingerprint density at radius 2 is 2.11 bits per heavy atom. The highest BCUT2D eigenvalue weighted by Gasteiger charge is 2.23. The zero-order valence-electron chi connectivity index (χ0n) is 11.9. The van der Waals surface area contributed by atoms with E-state index >= 15 is 0 Å². The molecule has 1 aromatic carbocycles. The van der Waals surface area contributed by atoms with Crippen LogP contribution in [0, 0.1) is 13.8 Å². The molecule has 0 saturated carbocycles. The Kier molecular flexibility index (Phi) is 2.85. The molecule has 19 heavy (non-hydrogen) atoms. The number of nitrogens with zero attached hydrogens (tertiary/aromatic N) is 2. The monoisotopic (exact) mass is 255 g/mol. The van der Waals surface area contributed by atoms with Crippen molar-refractivity contribution >= 4 is 5.82 Å². The Labute approximate surface area is 114 Å². The summed E-state index contributed by atoms with van der Waals surface area (Å²) in [5.74, 6) is 1.98. The molecule has 1 aliphatic rings. The highest BCUT2D eigenvalue weighted by molar-refractivity contribution is 5.74. The second-order valence-electron chi connectivity index (χ2n) is 5.69. The van der Waals surface area contributed by atoms with Crippen LogP contribution in [0.3, 0.4) is 0 Å². The van der Waals surface area contributed by atoms with E-state index in [2.05, 4.69) is 43.5 Å². The van der Waals surface area contributed by atoms with Crippen molar-refractivity contribution in [3.05, 3.63) is 35.2 Å². The van der Waals surface area contributed by atoms with Crippen molar-refractivity contribution in [1.29, 1.82) is 0 Å². The van der Waals surface area contributed by atoms with Gasteiger partial charge in [-0.3, -0.25) is 0 Å². The largest absolute Gasteiger partial charge is 0.383 e. The molecule has 0 amide bonds. The minimum Gasteiger partial charge on any atom is -0.383 e. The molecule has 0 saturated heterocycles. The van der Waals surface area contributed by atoms with Gasteiger partial charge in [0.2, 0.25) is 0 Å². The summed E-state index contributed by atoms with van der Waals surface area (Å²) in [7, 11) is 0. The third-order valence-electron chi connectivity index (χ3n) is 4.13. The normalized spacial score (nSPS) is 18.4. The quantitative estimate of drug-likeness (QED) is 0.845. The lowest BCUT2D eigenvalue weighted by Crippen LogP contribution is -2.16. The number of hydrogen-bond donors (Lipinski definition) is 1. The molecular weight excluding hydrogens is 234 g/mol. The lowest BCUT2D eigenvalue weighted by atomic mass is 10.0. The average molecular weight is 255 g/mol. The van der Waals surface area contributed by atoms with Gasteiger partial charge in [-0.2, -0.15) is 0 Å². The number of nitrogen functional groups attached to an aromatic ring is 1. The average Bonchev–Trinajstić information content (AvgIpc) is 2.71. The summed E-state index contributed by atoms with van der Waals surface area (Å²) < 4.78 is 2.22. The van der Waals surface area contributed by atoms with Crippen LogP contribution < -0.4 is 5.73 Å². The van der Waals surface area contributed by atoms with Gasteiger partial charge < -0.3 is 10.3 Å². The molecule has 1 aromatic heterocycles. The molecule has 1 atom stereocenters. The minimum atomic E-state index is 0.468. The van der Waals surface area contributed by atoms with Crippen molar-refractivity contribution in [3.63, 3.8) is 0 Å². The maximum absolute atomic E-state index is 6.37. The Balaban J connectivity index is 2.19. The Morgan fingerprint density at radius 1 is 1.32 bits per heavy atom. The van der Waals surface area contributed by atoms with Crippen molar-refractivity contribution in [2.24, 2.45) is 0 Å². The van der Waals surface area contributed by atoms with Crippen LogP contribution in [0.1, 0.15) is 42.8 Å². The van der Waals surface area contributed by atoms with Crippen LogP contribution in [0.15, 0.2) is 18.2 Å². The predicted octanol–water partition coefficient (Wildman–Crippen LogP) is 3.65. The Hall–Kier alpha value is -1.77. The van der Waals surface area contributed by atoms with Gasteiger partial charge in [-0.25, -0.2) is 4.98 Å². The third-order valence-corrected chi connectivity index (χ3v) is 4.13. The van der Waals surface area contributed by atoms with Gasteiger partial charge in [0.05, 0.1) is 0 Å². The van der Waals surface area contributed by atoms with Gasteiger partial charge >= 0.3 is 0 Å². The van der Waals surface area contributed by atoms with Gasteiger partial charge in [-0.1, -0.05) is 17.7 Å². The summed E-state index contributed by atoms with van der Waals surface area (Å²) in [6.07, 6.45) is 3.45. The van der Waals surface area contributed by atoms with Crippen LogP contribution in [-0.2, 0) is 6.42 Å². The third kappa shape index (κ3) is 1.93. The number of benzene rings is 1. The van der Waals surface area contributed by atoms with E-state index in [0.717, 1.165) is 23.8 Å². The molecule has 3 heteroatoms. The van der Waals surface area contributed by atoms with Crippen LogP contribution >= 0.6 is 0 Å². The summed E-state index contributed by atoms with van der Waals surface area (Å²) >= 11 is 0. The number of aryl methyl sites for hydroxylation is 3. The van der Waals surface area contributed by atoms with Crippen molar-refractivity contribution in [2.75, 3.05) is 5.73 Å². The predicted molar refractivity (Wildman–Crippen MR) is 79.2 cm³/mol. The maximum Gasteiger partial charge on any atom is 0.131 e. The SMILES string of the molecule is Cc1ccc(C)c(-c2nc3n(c2N)C(C)CCC3)c1. The van der Waals surface area contributed by atoms with Crippen LogP contribution in [0.2, 0.25) is 0 Å². The zero-order valence-corrected chi connectivity index (χ0v) is 11.9. The lowest BCUT2D eigenvalue weighted by molar-refractivity contribution is 0.430. The van der Waals surface area contributed by atoms with Crippen LogP contribution in [0.4, 0.5) is 5.82 Å². The van der Waals surface area contributed by atoms with Crippen LogP contribution in [0.5, 0.6) is 0 Å². The minimum absolute atomic E-state index is 0.468. The zero-order chi connectivity index (χ0) is 13.6. The lowest BCUT2D eigenvalue weighted by Gasteiger charge is -2.22. The number of anilines is 1. The molecule has 100 valence electrons. The summed E-state index contributed by atoms with van der Waals surface area (Å²) in [5.41, 5.74) is 11.0. The molecule has 0 bridgehead atoms. The van der Waals surface area contributed by atoms with E-state index in [9.17, 15) is 0 Å². The molecule has 3 nitrogen and oxygen atoms in total. The first kappa shape index (κ1) is 12.3. The molecule has 1 unspecified atom stereocenters. The van der Waals surface area contributed by atoms with Crippen molar-refractivity contribution in [2.45, 2.75) is 46.1 Å². The summed E-state index contributed by atoms with van der Waals surface area (Å²) in [6, 6.07) is 6.93. The van der Waals surface area contributed by atoms with E-state index in [-0.39, 0.29) is 0 Å². The molecule has 0 aliphatic carbocycles. The fourth-order valence-corrected chi connectivity index (χ4v) is 3.04. The van der Waals surface area contributed by atoms with Crippen molar-refractivity contribution in [1.82, 2.24) is 9.55 Å². The van der Waals surface area contributed by atoms with Crippen molar-refractivity contribution in [3.8, 4) is 11.3 Å². The second kappa shape index (κ2) is 4.41. The molecule has 1 aliphatic heterocycles. The Bertz CT molecular complexity index is 625. The summed E-state index contributed by atoms with van der Waals surface area (Å²) in [6.45, 7) is 6.46. The molecule has 2 heterocycles. The highest BCUT2D eigenvalue weighted by atomic mass is 15.2. The number of aromatic nitrogens is 2. The van der Waals surface area contributed by atoms with E-state index in [1.807, 2.05) is 0 Å². The molecule has 0 fully saturated rings. The van der Waals surface area contributed by atoms with Gasteiger partial charge in [-0.15, -0.1) is 0 Å². The summed E-state index contributed by atoms with van der Waals surface area (Å²) in [5, 5.41) is 0. The molecule has 2 N–H and O–H groups in total. The maximum atomic E-state index is 6.37. The van der Waals surface area contributed by atoms with E-state index in [1.165, 1.54) is 29.5 Å². The number of imidazole rings is 1. The van der Waals surface area contributed by atoms with Gasteiger partial charge in [0.25, 0.3) is 0 Å². The topological polar surface area (TPSA) is 43.8 Å². The van der Waals surface area contributed by atoms with E-state index in [4.69, 9.17) is 10.7 Å². The van der Waals surface area contributed by atoms with E-state index in [0.29, 0.717) is 6.04 Å². The summed E-state index contributed by atoms with van der Waals surface area (Å²) in [4.78, 5) is 4.81. The first-order valence-electron chi connectivity index (χ1n) is 7.02. The first-order chi connectivity index (χ1) is 9.08. The Morgan fingerprint density at radius 3 is 2.84 bits per heavy atom.